The number of carboxylic acid groups (broad SMARTS) is 1. The predicted octanol–water partition coefficient (Wildman–Crippen LogP) is 2.62. The predicted molar refractivity (Wildman–Crippen MR) is 110 cm³/mol. The third-order valence-electron chi connectivity index (χ3n) is 5.20. The molecule has 0 radical (unpaired) electrons. The number of benzene rings is 2. The molecule has 0 saturated carbocycles. The van der Waals surface area contributed by atoms with Crippen LogP contribution in [0.5, 0.6) is 0 Å². The van der Waals surface area contributed by atoms with Gasteiger partial charge in [-0.1, -0.05) is 42.5 Å². The summed E-state index contributed by atoms with van der Waals surface area (Å²) in [5, 5.41) is 9.09. The molecule has 0 atom stereocenters. The topological polar surface area (TPSA) is 77.9 Å². The van der Waals surface area contributed by atoms with E-state index >= 15 is 0 Å². The van der Waals surface area contributed by atoms with E-state index in [1.54, 1.807) is 17.0 Å². The molecule has 1 fully saturated rings. The second-order valence-electron chi connectivity index (χ2n) is 7.28. The number of amides is 2. The fraction of sp³-hybridized carbons (Fsp3) is 0.348. The number of hydrogen-bond donors (Lipinski definition) is 1. The van der Waals surface area contributed by atoms with Gasteiger partial charge in [-0.15, -0.1) is 0 Å². The van der Waals surface area contributed by atoms with Crippen molar-refractivity contribution in [2.24, 2.45) is 0 Å². The van der Waals surface area contributed by atoms with Crippen LogP contribution in [-0.4, -0.2) is 58.9 Å². The second kappa shape index (κ2) is 9.87. The smallest absolute Gasteiger partial charge is 0.335 e. The van der Waals surface area contributed by atoms with Crippen LogP contribution in [0.3, 0.4) is 0 Å². The van der Waals surface area contributed by atoms with E-state index in [9.17, 15) is 14.4 Å². The Bertz CT molecular complexity index is 866. The van der Waals surface area contributed by atoms with Crippen LogP contribution < -0.4 is 0 Å². The molecule has 1 saturated heterocycles. The number of rotatable bonds is 6. The van der Waals surface area contributed by atoms with Gasteiger partial charge in [-0.3, -0.25) is 9.59 Å². The standard InChI is InChI=1S/C23H26N2O4/c26-21(11-10-18-6-2-1-3-7-18)24-12-5-13-25(15-14-24)22(27)17-19-8-4-9-20(16-19)23(28)29/h1-4,6-9,16H,5,10-15,17H2,(H,28,29). The number of carbonyl (C=O) groups excluding carboxylic acids is 2. The van der Waals surface area contributed by atoms with Gasteiger partial charge in [-0.25, -0.2) is 4.79 Å². The zero-order valence-corrected chi connectivity index (χ0v) is 16.4. The van der Waals surface area contributed by atoms with Crippen molar-refractivity contribution in [3.05, 3.63) is 71.3 Å². The third-order valence-corrected chi connectivity index (χ3v) is 5.20. The van der Waals surface area contributed by atoms with Crippen molar-refractivity contribution >= 4 is 17.8 Å². The van der Waals surface area contributed by atoms with Gasteiger partial charge in [0.2, 0.25) is 11.8 Å². The quantitative estimate of drug-likeness (QED) is 0.817. The first kappa shape index (κ1) is 20.6. The largest absolute Gasteiger partial charge is 0.478 e. The van der Waals surface area contributed by atoms with Gasteiger partial charge in [0, 0.05) is 32.6 Å². The van der Waals surface area contributed by atoms with Crippen molar-refractivity contribution in [3.63, 3.8) is 0 Å². The molecule has 29 heavy (non-hydrogen) atoms. The fourth-order valence-electron chi connectivity index (χ4n) is 3.57. The van der Waals surface area contributed by atoms with Gasteiger partial charge in [0.1, 0.15) is 0 Å². The summed E-state index contributed by atoms with van der Waals surface area (Å²) in [5.74, 6) is -0.915. The summed E-state index contributed by atoms with van der Waals surface area (Å²) in [6.45, 7) is 2.31. The minimum atomic E-state index is -1.00. The lowest BCUT2D eigenvalue weighted by atomic mass is 10.1. The van der Waals surface area contributed by atoms with E-state index in [2.05, 4.69) is 0 Å². The highest BCUT2D eigenvalue weighted by atomic mass is 16.4. The van der Waals surface area contributed by atoms with Gasteiger partial charge in [-0.05, 0) is 36.1 Å². The van der Waals surface area contributed by atoms with Crippen molar-refractivity contribution < 1.29 is 19.5 Å². The van der Waals surface area contributed by atoms with Gasteiger partial charge >= 0.3 is 5.97 Å². The Labute approximate surface area is 170 Å². The molecule has 152 valence electrons. The third kappa shape index (κ3) is 5.91. The van der Waals surface area contributed by atoms with Crippen molar-refractivity contribution in [1.29, 1.82) is 0 Å². The fourth-order valence-corrected chi connectivity index (χ4v) is 3.57. The molecule has 1 heterocycles. The van der Waals surface area contributed by atoms with E-state index in [4.69, 9.17) is 5.11 Å². The minimum Gasteiger partial charge on any atom is -0.478 e. The molecule has 2 amide bonds. The first-order chi connectivity index (χ1) is 14.0. The number of carbonyl (C=O) groups is 3. The zero-order chi connectivity index (χ0) is 20.6. The maximum Gasteiger partial charge on any atom is 0.335 e. The molecule has 0 spiro atoms. The molecule has 1 N–H and O–H groups in total. The van der Waals surface area contributed by atoms with Gasteiger partial charge in [-0.2, -0.15) is 0 Å². The summed E-state index contributed by atoms with van der Waals surface area (Å²) in [6.07, 6.45) is 2.11. The summed E-state index contributed by atoms with van der Waals surface area (Å²) < 4.78 is 0. The molecule has 0 aliphatic carbocycles. The maximum atomic E-state index is 12.7. The summed E-state index contributed by atoms with van der Waals surface area (Å²) in [7, 11) is 0. The first-order valence-corrected chi connectivity index (χ1v) is 9.94. The summed E-state index contributed by atoms with van der Waals surface area (Å²) >= 11 is 0. The number of nitrogens with zero attached hydrogens (tertiary/aromatic N) is 2. The summed E-state index contributed by atoms with van der Waals surface area (Å²) in [4.78, 5) is 39.9. The molecular weight excluding hydrogens is 368 g/mol. The van der Waals surface area contributed by atoms with E-state index in [0.717, 1.165) is 18.4 Å². The molecule has 0 bridgehead atoms. The number of aromatic carboxylic acids is 1. The summed E-state index contributed by atoms with van der Waals surface area (Å²) in [5.41, 5.74) is 2.02. The van der Waals surface area contributed by atoms with Gasteiger partial charge in [0.05, 0.1) is 12.0 Å². The molecule has 6 heteroatoms. The Balaban J connectivity index is 1.51. The molecule has 2 aromatic rings. The van der Waals surface area contributed by atoms with Crippen LogP contribution in [0, 0.1) is 0 Å². The Morgan fingerprint density at radius 1 is 0.793 bits per heavy atom. The molecule has 2 aromatic carbocycles. The molecule has 0 aromatic heterocycles. The van der Waals surface area contributed by atoms with Crippen LogP contribution >= 0.6 is 0 Å². The lowest BCUT2D eigenvalue weighted by molar-refractivity contribution is -0.133. The van der Waals surface area contributed by atoms with Gasteiger partial charge < -0.3 is 14.9 Å². The van der Waals surface area contributed by atoms with E-state index < -0.39 is 5.97 Å². The van der Waals surface area contributed by atoms with Crippen molar-refractivity contribution in [2.45, 2.75) is 25.7 Å². The first-order valence-electron chi connectivity index (χ1n) is 9.94. The van der Waals surface area contributed by atoms with Crippen LogP contribution in [0.4, 0.5) is 0 Å². The van der Waals surface area contributed by atoms with Crippen LogP contribution in [0.15, 0.2) is 54.6 Å². The Kier molecular flexibility index (Phi) is 7.00. The number of hydrogen-bond acceptors (Lipinski definition) is 3. The molecule has 6 nitrogen and oxygen atoms in total. The Morgan fingerprint density at radius 2 is 1.45 bits per heavy atom. The average molecular weight is 394 g/mol. The monoisotopic (exact) mass is 394 g/mol. The molecule has 0 unspecified atom stereocenters. The Hall–Kier alpha value is -3.15. The SMILES string of the molecule is O=C(O)c1cccc(CC(=O)N2CCCN(C(=O)CCc3ccccc3)CC2)c1. The van der Waals surface area contributed by atoms with Crippen LogP contribution in [0.25, 0.3) is 0 Å². The highest BCUT2D eigenvalue weighted by Crippen LogP contribution is 2.12. The lowest BCUT2D eigenvalue weighted by Gasteiger charge is -2.22. The van der Waals surface area contributed by atoms with Crippen molar-refractivity contribution in [2.75, 3.05) is 26.2 Å². The number of aryl methyl sites for hydroxylation is 1. The minimum absolute atomic E-state index is 0.0360. The number of carboxylic acids is 1. The summed E-state index contributed by atoms with van der Waals surface area (Å²) in [6, 6.07) is 16.4. The second-order valence-corrected chi connectivity index (χ2v) is 7.28. The van der Waals surface area contributed by atoms with Crippen LogP contribution in [0.2, 0.25) is 0 Å². The van der Waals surface area contributed by atoms with E-state index in [1.165, 1.54) is 12.1 Å². The van der Waals surface area contributed by atoms with Crippen LogP contribution in [-0.2, 0) is 22.4 Å². The Morgan fingerprint density at radius 3 is 2.14 bits per heavy atom. The molecule has 3 rings (SSSR count). The maximum absolute atomic E-state index is 12.7. The zero-order valence-electron chi connectivity index (χ0n) is 16.4. The highest BCUT2D eigenvalue weighted by molar-refractivity contribution is 5.88. The molecule has 1 aliphatic rings. The molecule has 1 aliphatic heterocycles. The van der Waals surface area contributed by atoms with E-state index in [0.29, 0.717) is 38.2 Å². The molecular formula is C23H26N2O4. The van der Waals surface area contributed by atoms with Crippen LogP contribution in [0.1, 0.15) is 34.3 Å². The van der Waals surface area contributed by atoms with Crippen molar-refractivity contribution in [1.82, 2.24) is 9.80 Å². The van der Waals surface area contributed by atoms with Gasteiger partial charge in [0.25, 0.3) is 0 Å². The highest BCUT2D eigenvalue weighted by Gasteiger charge is 2.22. The van der Waals surface area contributed by atoms with Gasteiger partial charge in [0.15, 0.2) is 0 Å². The van der Waals surface area contributed by atoms with E-state index in [1.807, 2.05) is 35.2 Å². The lowest BCUT2D eigenvalue weighted by Crippen LogP contribution is -2.38. The normalized spacial score (nSPS) is 14.3. The van der Waals surface area contributed by atoms with E-state index in [-0.39, 0.29) is 23.8 Å². The van der Waals surface area contributed by atoms with Crippen molar-refractivity contribution in [3.8, 4) is 0 Å². The average Bonchev–Trinajstić information content (AvgIpc) is 2.99.